The minimum absolute atomic E-state index is 0.796. The van der Waals surface area contributed by atoms with Crippen LogP contribution in [0.25, 0.3) is 0 Å². The summed E-state index contributed by atoms with van der Waals surface area (Å²) in [5.74, 6) is 0. The van der Waals surface area contributed by atoms with E-state index in [-0.39, 0.29) is 0 Å². The summed E-state index contributed by atoms with van der Waals surface area (Å²) in [6.07, 6.45) is 25.8. The van der Waals surface area contributed by atoms with Crippen molar-refractivity contribution in [3.63, 3.8) is 0 Å². The van der Waals surface area contributed by atoms with Crippen molar-refractivity contribution in [3.8, 4) is 0 Å². The zero-order valence-electron chi connectivity index (χ0n) is 18.8. The van der Waals surface area contributed by atoms with Crippen molar-refractivity contribution in [2.45, 2.75) is 98.8 Å². The van der Waals surface area contributed by atoms with E-state index in [1.807, 2.05) is 0 Å². The van der Waals surface area contributed by atoms with Crippen molar-refractivity contribution in [2.75, 3.05) is 6.54 Å². The quantitative estimate of drug-likeness (QED) is 0.228. The number of hydrogen-bond donors (Lipinski definition) is 1. The maximum atomic E-state index is 5.54. The molecule has 1 nitrogen and oxygen atoms in total. The highest BCUT2D eigenvalue weighted by molar-refractivity contribution is 5.06. The van der Waals surface area contributed by atoms with Gasteiger partial charge in [0.05, 0.1) is 0 Å². The van der Waals surface area contributed by atoms with E-state index in [9.17, 15) is 0 Å². The lowest BCUT2D eigenvalue weighted by Crippen LogP contribution is -1.97. The summed E-state index contributed by atoms with van der Waals surface area (Å²) in [6, 6.07) is 0. The second-order valence-corrected chi connectivity index (χ2v) is 8.03. The maximum Gasteiger partial charge on any atom is -0.00742 e. The molecular formula is C26H45N. The van der Waals surface area contributed by atoms with Gasteiger partial charge in [-0.15, -0.1) is 0 Å². The molecule has 0 aliphatic carbocycles. The van der Waals surface area contributed by atoms with E-state index < -0.39 is 0 Å². The van der Waals surface area contributed by atoms with E-state index >= 15 is 0 Å². The Bertz CT molecular complexity index is 510. The summed E-state index contributed by atoms with van der Waals surface area (Å²) in [4.78, 5) is 0. The van der Waals surface area contributed by atoms with Crippen molar-refractivity contribution >= 4 is 0 Å². The van der Waals surface area contributed by atoms with Gasteiger partial charge < -0.3 is 5.73 Å². The van der Waals surface area contributed by atoms with Crippen LogP contribution in [0, 0.1) is 0 Å². The summed E-state index contributed by atoms with van der Waals surface area (Å²) < 4.78 is 0. The van der Waals surface area contributed by atoms with Crippen LogP contribution in [-0.2, 0) is 0 Å². The van der Waals surface area contributed by atoms with Gasteiger partial charge in [0.1, 0.15) is 0 Å². The molecule has 0 aromatic carbocycles. The minimum atomic E-state index is 0.796. The molecule has 0 aromatic heterocycles. The third kappa shape index (κ3) is 19.2. The standard InChI is InChI=1S/C26H45N/c1-23(2)15-12-18-26(5)20-13-19-24(3)16-10-8-6-7-9-11-17-25(4)21-14-22-27/h6-7,15-17,20H,8-14,18-19,21-22,27H2,1-5H3/b7-6+,24-16+,25-17+,26-20+. The van der Waals surface area contributed by atoms with Crippen LogP contribution in [0.4, 0.5) is 0 Å². The summed E-state index contributed by atoms with van der Waals surface area (Å²) in [6.45, 7) is 11.9. The zero-order chi connectivity index (χ0) is 20.3. The Morgan fingerprint density at radius 1 is 0.556 bits per heavy atom. The molecular weight excluding hydrogens is 326 g/mol. The second kappa shape index (κ2) is 18.0. The molecule has 154 valence electrons. The molecule has 0 aromatic rings. The molecule has 0 unspecified atom stereocenters. The van der Waals surface area contributed by atoms with Crippen molar-refractivity contribution in [3.05, 3.63) is 58.7 Å². The van der Waals surface area contributed by atoms with Crippen LogP contribution < -0.4 is 5.73 Å². The topological polar surface area (TPSA) is 26.0 Å². The summed E-state index contributed by atoms with van der Waals surface area (Å²) in [5.41, 5.74) is 11.5. The van der Waals surface area contributed by atoms with Gasteiger partial charge in [0.25, 0.3) is 0 Å². The molecule has 0 heterocycles. The predicted octanol–water partition coefficient (Wildman–Crippen LogP) is 8.21. The smallest absolute Gasteiger partial charge is 0.00742 e. The Hall–Kier alpha value is -1.34. The summed E-state index contributed by atoms with van der Waals surface area (Å²) in [7, 11) is 0. The summed E-state index contributed by atoms with van der Waals surface area (Å²) >= 11 is 0. The van der Waals surface area contributed by atoms with Crippen LogP contribution in [-0.4, -0.2) is 6.54 Å². The van der Waals surface area contributed by atoms with E-state index in [1.165, 1.54) is 48.0 Å². The average molecular weight is 372 g/mol. The van der Waals surface area contributed by atoms with Gasteiger partial charge in [-0.25, -0.2) is 0 Å². The second-order valence-electron chi connectivity index (χ2n) is 8.03. The third-order valence-electron chi connectivity index (χ3n) is 4.72. The SMILES string of the molecule is CC(C)=CCC/C(C)=C/CC/C(C)=C/CC/C=C/CC/C=C(\C)CCCN. The molecule has 2 N–H and O–H groups in total. The van der Waals surface area contributed by atoms with Gasteiger partial charge in [0, 0.05) is 0 Å². The highest BCUT2D eigenvalue weighted by Crippen LogP contribution is 2.12. The molecule has 0 fully saturated rings. The number of hydrogen-bond acceptors (Lipinski definition) is 1. The lowest BCUT2D eigenvalue weighted by molar-refractivity contribution is 0.816. The fourth-order valence-corrected chi connectivity index (χ4v) is 2.91. The number of unbranched alkanes of at least 4 members (excludes halogenated alkanes) is 2. The molecule has 27 heavy (non-hydrogen) atoms. The van der Waals surface area contributed by atoms with Crippen molar-refractivity contribution < 1.29 is 0 Å². The zero-order valence-corrected chi connectivity index (χ0v) is 18.8. The van der Waals surface area contributed by atoms with Gasteiger partial charge in [-0.1, -0.05) is 58.7 Å². The Morgan fingerprint density at radius 2 is 1.00 bits per heavy atom. The minimum Gasteiger partial charge on any atom is -0.330 e. The molecule has 0 rings (SSSR count). The van der Waals surface area contributed by atoms with Crippen molar-refractivity contribution in [1.82, 2.24) is 0 Å². The van der Waals surface area contributed by atoms with Crippen molar-refractivity contribution in [1.29, 1.82) is 0 Å². The van der Waals surface area contributed by atoms with E-state index in [1.54, 1.807) is 0 Å². The highest BCUT2D eigenvalue weighted by atomic mass is 14.5. The molecule has 0 spiro atoms. The molecule has 0 aliphatic heterocycles. The average Bonchev–Trinajstić information content (AvgIpc) is 2.61. The number of nitrogens with two attached hydrogens (primary N) is 1. The van der Waals surface area contributed by atoms with Gasteiger partial charge >= 0.3 is 0 Å². The van der Waals surface area contributed by atoms with E-state index in [0.29, 0.717) is 0 Å². The number of rotatable bonds is 15. The van der Waals surface area contributed by atoms with E-state index in [0.717, 1.165) is 45.1 Å². The lowest BCUT2D eigenvalue weighted by Gasteiger charge is -2.01. The molecule has 0 radical (unpaired) electrons. The van der Waals surface area contributed by atoms with E-state index in [4.69, 9.17) is 5.73 Å². The first-order valence-corrected chi connectivity index (χ1v) is 10.9. The first-order chi connectivity index (χ1) is 13.0. The van der Waals surface area contributed by atoms with Gasteiger partial charge in [-0.05, 0) is 105 Å². The largest absolute Gasteiger partial charge is 0.330 e. The van der Waals surface area contributed by atoms with E-state index in [2.05, 4.69) is 71.1 Å². The Kier molecular flexibility index (Phi) is 17.1. The normalized spacial score (nSPS) is 13.5. The molecule has 1 heteroatoms. The first-order valence-electron chi connectivity index (χ1n) is 10.9. The van der Waals surface area contributed by atoms with Crippen LogP contribution in [0.5, 0.6) is 0 Å². The van der Waals surface area contributed by atoms with Gasteiger partial charge in [-0.3, -0.25) is 0 Å². The lowest BCUT2D eigenvalue weighted by atomic mass is 10.1. The Balaban J connectivity index is 3.82. The van der Waals surface area contributed by atoms with Crippen LogP contribution in [0.3, 0.4) is 0 Å². The van der Waals surface area contributed by atoms with Crippen molar-refractivity contribution in [2.24, 2.45) is 5.73 Å². The van der Waals surface area contributed by atoms with Crippen LogP contribution in [0.1, 0.15) is 98.8 Å². The Labute approximate surface area is 170 Å². The molecule has 0 saturated carbocycles. The number of allylic oxidation sites excluding steroid dienone is 10. The summed E-state index contributed by atoms with van der Waals surface area (Å²) in [5, 5.41) is 0. The molecule has 0 atom stereocenters. The van der Waals surface area contributed by atoms with Gasteiger partial charge in [0.15, 0.2) is 0 Å². The third-order valence-corrected chi connectivity index (χ3v) is 4.72. The Morgan fingerprint density at radius 3 is 1.48 bits per heavy atom. The first kappa shape index (κ1) is 25.7. The van der Waals surface area contributed by atoms with Gasteiger partial charge in [0.2, 0.25) is 0 Å². The van der Waals surface area contributed by atoms with Crippen LogP contribution >= 0.6 is 0 Å². The predicted molar refractivity (Wildman–Crippen MR) is 125 cm³/mol. The van der Waals surface area contributed by atoms with Crippen LogP contribution in [0.15, 0.2) is 58.7 Å². The molecule has 0 amide bonds. The van der Waals surface area contributed by atoms with Gasteiger partial charge in [-0.2, -0.15) is 0 Å². The fourth-order valence-electron chi connectivity index (χ4n) is 2.91. The molecule has 0 aliphatic rings. The van der Waals surface area contributed by atoms with Crippen LogP contribution in [0.2, 0.25) is 0 Å². The maximum absolute atomic E-state index is 5.54. The monoisotopic (exact) mass is 371 g/mol. The molecule has 0 bridgehead atoms. The fraction of sp³-hybridized carbons (Fsp3) is 0.615. The molecule has 0 saturated heterocycles. The highest BCUT2D eigenvalue weighted by Gasteiger charge is 1.92.